The third kappa shape index (κ3) is 4.45. The Labute approximate surface area is 151 Å². The quantitative estimate of drug-likeness (QED) is 0.707. The number of hydrogen-bond acceptors (Lipinski definition) is 5. The Balaban J connectivity index is 1.66. The molecule has 0 saturated heterocycles. The molecule has 25 heavy (non-hydrogen) atoms. The van der Waals surface area contributed by atoms with Gasteiger partial charge in [-0.05, 0) is 43.2 Å². The molecule has 3 rings (SSSR count). The SMILES string of the molecule is Cc1ccc(S(=O)(=O)NCc2ccc(Oc3nccs3)cc2)c(C)c1. The minimum atomic E-state index is -3.55. The number of nitrogens with zero attached hydrogens (tertiary/aromatic N) is 1. The Morgan fingerprint density at radius 1 is 1.12 bits per heavy atom. The summed E-state index contributed by atoms with van der Waals surface area (Å²) in [5, 5.41) is 2.41. The van der Waals surface area contributed by atoms with Gasteiger partial charge < -0.3 is 4.74 Å². The van der Waals surface area contributed by atoms with E-state index in [0.717, 1.165) is 16.7 Å². The second-order valence-electron chi connectivity index (χ2n) is 5.64. The summed E-state index contributed by atoms with van der Waals surface area (Å²) in [4.78, 5) is 4.36. The molecule has 1 aromatic heterocycles. The second-order valence-corrected chi connectivity index (χ2v) is 8.23. The largest absolute Gasteiger partial charge is 0.431 e. The molecule has 1 N–H and O–H groups in total. The zero-order valence-electron chi connectivity index (χ0n) is 13.9. The molecule has 7 heteroatoms. The Bertz CT molecular complexity index is 950. The maximum absolute atomic E-state index is 12.5. The lowest BCUT2D eigenvalue weighted by Crippen LogP contribution is -2.24. The van der Waals surface area contributed by atoms with Gasteiger partial charge in [-0.3, -0.25) is 0 Å². The average Bonchev–Trinajstić information content (AvgIpc) is 3.07. The van der Waals surface area contributed by atoms with E-state index in [2.05, 4.69) is 9.71 Å². The van der Waals surface area contributed by atoms with Crippen LogP contribution in [0.5, 0.6) is 10.9 Å². The van der Waals surface area contributed by atoms with E-state index in [1.807, 2.05) is 30.5 Å². The van der Waals surface area contributed by atoms with E-state index in [1.165, 1.54) is 11.3 Å². The number of nitrogens with one attached hydrogen (secondary N) is 1. The van der Waals surface area contributed by atoms with Crippen molar-refractivity contribution in [1.29, 1.82) is 0 Å². The number of thiazole rings is 1. The Morgan fingerprint density at radius 2 is 1.88 bits per heavy atom. The Kier molecular flexibility index (Phi) is 5.17. The predicted molar refractivity (Wildman–Crippen MR) is 98.6 cm³/mol. The first kappa shape index (κ1) is 17.6. The molecule has 0 aliphatic heterocycles. The number of hydrogen-bond donors (Lipinski definition) is 1. The lowest BCUT2D eigenvalue weighted by molar-refractivity contribution is 0.478. The van der Waals surface area contributed by atoms with Crippen molar-refractivity contribution in [3.63, 3.8) is 0 Å². The fraction of sp³-hybridized carbons (Fsp3) is 0.167. The molecule has 0 unspecified atom stereocenters. The van der Waals surface area contributed by atoms with Crippen molar-refractivity contribution in [3.05, 3.63) is 70.7 Å². The molecule has 0 atom stereocenters. The molecule has 0 fully saturated rings. The van der Waals surface area contributed by atoms with Crippen LogP contribution in [0.1, 0.15) is 16.7 Å². The smallest absolute Gasteiger partial charge is 0.278 e. The van der Waals surface area contributed by atoms with E-state index in [0.29, 0.717) is 15.8 Å². The van der Waals surface area contributed by atoms with E-state index in [1.54, 1.807) is 37.4 Å². The van der Waals surface area contributed by atoms with Crippen LogP contribution in [0.3, 0.4) is 0 Å². The third-order valence-corrected chi connectivity index (χ3v) is 5.83. The Morgan fingerprint density at radius 3 is 2.52 bits per heavy atom. The van der Waals surface area contributed by atoms with Gasteiger partial charge in [0, 0.05) is 18.1 Å². The van der Waals surface area contributed by atoms with Crippen LogP contribution in [-0.2, 0) is 16.6 Å². The number of aryl methyl sites for hydroxylation is 2. The van der Waals surface area contributed by atoms with Crippen molar-refractivity contribution in [3.8, 4) is 10.9 Å². The number of ether oxygens (including phenoxy) is 1. The van der Waals surface area contributed by atoms with Crippen LogP contribution < -0.4 is 9.46 Å². The van der Waals surface area contributed by atoms with Gasteiger partial charge in [-0.15, -0.1) is 0 Å². The molecule has 0 amide bonds. The highest BCUT2D eigenvalue weighted by atomic mass is 32.2. The first-order chi connectivity index (χ1) is 11.9. The molecule has 0 aliphatic rings. The van der Waals surface area contributed by atoms with Gasteiger partial charge in [-0.2, -0.15) is 0 Å². The van der Waals surface area contributed by atoms with E-state index in [9.17, 15) is 8.42 Å². The summed E-state index contributed by atoms with van der Waals surface area (Å²) >= 11 is 1.41. The highest BCUT2D eigenvalue weighted by Gasteiger charge is 2.16. The van der Waals surface area contributed by atoms with Crippen LogP contribution in [0, 0.1) is 13.8 Å². The maximum Gasteiger partial charge on any atom is 0.278 e. The standard InChI is InChI=1S/C18H18N2O3S2/c1-13-3-8-17(14(2)11-13)25(21,22)20-12-15-4-6-16(7-5-15)23-18-19-9-10-24-18/h3-11,20H,12H2,1-2H3. The average molecular weight is 374 g/mol. The third-order valence-electron chi connectivity index (χ3n) is 3.62. The van der Waals surface area contributed by atoms with E-state index >= 15 is 0 Å². The van der Waals surface area contributed by atoms with E-state index in [-0.39, 0.29) is 6.54 Å². The van der Waals surface area contributed by atoms with Gasteiger partial charge in [-0.1, -0.05) is 41.2 Å². The molecule has 0 spiro atoms. The minimum absolute atomic E-state index is 0.215. The molecular weight excluding hydrogens is 356 g/mol. The summed E-state index contributed by atoms with van der Waals surface area (Å²) in [6.45, 7) is 3.95. The molecule has 0 saturated carbocycles. The number of rotatable bonds is 6. The topological polar surface area (TPSA) is 68.3 Å². The predicted octanol–water partition coefficient (Wildman–Crippen LogP) is 4.03. The van der Waals surface area contributed by atoms with Crippen molar-refractivity contribution >= 4 is 21.4 Å². The summed E-state index contributed by atoms with van der Waals surface area (Å²) in [5.41, 5.74) is 2.62. The first-order valence-electron chi connectivity index (χ1n) is 7.67. The molecule has 5 nitrogen and oxygen atoms in total. The van der Waals surface area contributed by atoms with Crippen LogP contribution in [-0.4, -0.2) is 13.4 Å². The van der Waals surface area contributed by atoms with Crippen LogP contribution in [0.15, 0.2) is 58.9 Å². The van der Waals surface area contributed by atoms with E-state index < -0.39 is 10.0 Å². The van der Waals surface area contributed by atoms with Crippen molar-refractivity contribution in [2.45, 2.75) is 25.3 Å². The first-order valence-corrected chi connectivity index (χ1v) is 10.0. The molecule has 0 aliphatic carbocycles. The van der Waals surface area contributed by atoms with Crippen molar-refractivity contribution in [2.24, 2.45) is 0 Å². The summed E-state index contributed by atoms with van der Waals surface area (Å²) in [6.07, 6.45) is 1.68. The summed E-state index contributed by atoms with van der Waals surface area (Å²) in [6, 6.07) is 12.5. The number of aromatic nitrogens is 1. The molecule has 0 bridgehead atoms. The lowest BCUT2D eigenvalue weighted by atomic mass is 10.2. The van der Waals surface area contributed by atoms with Crippen LogP contribution in [0.2, 0.25) is 0 Å². The molecule has 0 radical (unpaired) electrons. The van der Waals surface area contributed by atoms with Crippen LogP contribution >= 0.6 is 11.3 Å². The summed E-state index contributed by atoms with van der Waals surface area (Å²) in [5.74, 6) is 0.663. The fourth-order valence-corrected chi connectivity index (χ4v) is 4.14. The van der Waals surface area contributed by atoms with Gasteiger partial charge in [0.25, 0.3) is 5.19 Å². The molecule has 130 valence electrons. The maximum atomic E-state index is 12.5. The normalized spacial score (nSPS) is 11.4. The van der Waals surface area contributed by atoms with Gasteiger partial charge in [0.05, 0.1) is 4.90 Å². The van der Waals surface area contributed by atoms with Gasteiger partial charge in [0.2, 0.25) is 10.0 Å². The fourth-order valence-electron chi connectivity index (χ4n) is 2.39. The van der Waals surface area contributed by atoms with Gasteiger partial charge in [-0.25, -0.2) is 18.1 Å². The van der Waals surface area contributed by atoms with Crippen LogP contribution in [0.25, 0.3) is 0 Å². The minimum Gasteiger partial charge on any atom is -0.431 e. The zero-order chi connectivity index (χ0) is 17.9. The van der Waals surface area contributed by atoms with Gasteiger partial charge >= 0.3 is 0 Å². The van der Waals surface area contributed by atoms with Crippen molar-refractivity contribution in [2.75, 3.05) is 0 Å². The molecule has 3 aromatic rings. The summed E-state index contributed by atoms with van der Waals surface area (Å²) in [7, 11) is -3.55. The zero-order valence-corrected chi connectivity index (χ0v) is 15.5. The van der Waals surface area contributed by atoms with Crippen molar-refractivity contribution < 1.29 is 13.2 Å². The van der Waals surface area contributed by atoms with Crippen molar-refractivity contribution in [1.82, 2.24) is 9.71 Å². The number of benzene rings is 2. The second kappa shape index (κ2) is 7.35. The highest BCUT2D eigenvalue weighted by Crippen LogP contribution is 2.23. The summed E-state index contributed by atoms with van der Waals surface area (Å²) < 4.78 is 33.2. The Hall–Kier alpha value is -2.22. The van der Waals surface area contributed by atoms with E-state index in [4.69, 9.17) is 4.74 Å². The lowest BCUT2D eigenvalue weighted by Gasteiger charge is -2.10. The van der Waals surface area contributed by atoms with Gasteiger partial charge in [0.1, 0.15) is 5.75 Å². The van der Waals surface area contributed by atoms with Crippen LogP contribution in [0.4, 0.5) is 0 Å². The molecular formula is C18H18N2O3S2. The van der Waals surface area contributed by atoms with Gasteiger partial charge in [0.15, 0.2) is 0 Å². The molecule has 1 heterocycles. The monoisotopic (exact) mass is 374 g/mol. The highest BCUT2D eigenvalue weighted by molar-refractivity contribution is 7.89. The molecule has 2 aromatic carbocycles. The number of sulfonamides is 1.